The lowest BCUT2D eigenvalue weighted by molar-refractivity contribution is 0.0738. The lowest BCUT2D eigenvalue weighted by atomic mass is 9.98. The van der Waals surface area contributed by atoms with Crippen LogP contribution in [0.4, 0.5) is 0 Å². The van der Waals surface area contributed by atoms with E-state index in [0.717, 1.165) is 5.56 Å². The van der Waals surface area contributed by atoms with E-state index >= 15 is 0 Å². The zero-order valence-corrected chi connectivity index (χ0v) is 13.7. The number of halogens is 1. The normalized spacial score (nSPS) is 16.7. The van der Waals surface area contributed by atoms with Gasteiger partial charge in [0.25, 0.3) is 5.91 Å². The molecule has 2 heterocycles. The molecular formula is C19H14ClNO3. The van der Waals surface area contributed by atoms with E-state index in [4.69, 9.17) is 16.0 Å². The predicted octanol–water partition coefficient (Wildman–Crippen LogP) is 4.01. The van der Waals surface area contributed by atoms with Crippen molar-refractivity contribution in [3.63, 3.8) is 0 Å². The van der Waals surface area contributed by atoms with Gasteiger partial charge in [-0.25, -0.2) is 0 Å². The monoisotopic (exact) mass is 339 g/mol. The first-order valence-electron chi connectivity index (χ1n) is 7.74. The van der Waals surface area contributed by atoms with Crippen LogP contribution in [0, 0.1) is 0 Å². The van der Waals surface area contributed by atoms with Crippen LogP contribution in [0.2, 0.25) is 5.02 Å². The third-order valence-corrected chi connectivity index (χ3v) is 4.65. The summed E-state index contributed by atoms with van der Waals surface area (Å²) in [4.78, 5) is 27.4. The second-order valence-corrected chi connectivity index (χ2v) is 6.15. The van der Waals surface area contributed by atoms with Gasteiger partial charge in [-0.15, -0.1) is 0 Å². The Bertz CT molecular complexity index is 1010. The van der Waals surface area contributed by atoms with Crippen LogP contribution in [0.1, 0.15) is 34.6 Å². The molecule has 0 bridgehead atoms. The van der Waals surface area contributed by atoms with E-state index in [2.05, 4.69) is 0 Å². The van der Waals surface area contributed by atoms with Gasteiger partial charge < -0.3 is 9.32 Å². The maximum Gasteiger partial charge on any atom is 0.290 e. The average molecular weight is 340 g/mol. The largest absolute Gasteiger partial charge is 0.450 e. The molecule has 0 saturated carbocycles. The number of rotatable bonds is 2. The second-order valence-electron chi connectivity index (χ2n) is 5.72. The maximum atomic E-state index is 13.0. The molecule has 1 atom stereocenters. The Morgan fingerprint density at radius 2 is 1.79 bits per heavy atom. The molecule has 1 aliphatic rings. The summed E-state index contributed by atoms with van der Waals surface area (Å²) in [7, 11) is 0. The van der Waals surface area contributed by atoms with Crippen LogP contribution in [0.3, 0.4) is 0 Å². The molecule has 0 N–H and O–H groups in total. The third kappa shape index (κ3) is 2.07. The number of benzene rings is 2. The molecule has 1 unspecified atom stereocenters. The standard InChI is InChI=1S/C19H14ClNO3/c1-2-21-16(11-7-9-12(20)10-8-11)15-17(22)13-5-3-4-6-14(13)24-18(15)19(21)23/h3-10,16H,2H2,1H3. The second kappa shape index (κ2) is 5.49. The molecule has 4 nitrogen and oxygen atoms in total. The van der Waals surface area contributed by atoms with Crippen molar-refractivity contribution in [3.05, 3.63) is 80.7 Å². The smallest absolute Gasteiger partial charge is 0.290 e. The molecule has 24 heavy (non-hydrogen) atoms. The lowest BCUT2D eigenvalue weighted by Crippen LogP contribution is -2.29. The highest BCUT2D eigenvalue weighted by Gasteiger charge is 2.41. The number of amides is 1. The first-order chi connectivity index (χ1) is 11.6. The zero-order chi connectivity index (χ0) is 16.8. The van der Waals surface area contributed by atoms with Crippen molar-refractivity contribution in [3.8, 4) is 0 Å². The SMILES string of the molecule is CCN1C(=O)c2oc3ccccc3c(=O)c2C1c1ccc(Cl)cc1. The Kier molecular flexibility index (Phi) is 3.43. The predicted molar refractivity (Wildman–Crippen MR) is 92.5 cm³/mol. The van der Waals surface area contributed by atoms with Crippen LogP contribution in [0.5, 0.6) is 0 Å². The van der Waals surface area contributed by atoms with Gasteiger partial charge in [-0.2, -0.15) is 0 Å². The van der Waals surface area contributed by atoms with E-state index in [1.807, 2.05) is 19.1 Å². The van der Waals surface area contributed by atoms with E-state index in [0.29, 0.717) is 28.1 Å². The van der Waals surface area contributed by atoms with Crippen molar-refractivity contribution < 1.29 is 9.21 Å². The summed E-state index contributed by atoms with van der Waals surface area (Å²) >= 11 is 5.97. The summed E-state index contributed by atoms with van der Waals surface area (Å²) < 4.78 is 5.79. The van der Waals surface area contributed by atoms with Crippen molar-refractivity contribution >= 4 is 28.5 Å². The van der Waals surface area contributed by atoms with Gasteiger partial charge in [-0.3, -0.25) is 9.59 Å². The number of fused-ring (bicyclic) bond motifs is 2. The van der Waals surface area contributed by atoms with Gasteiger partial charge in [0.2, 0.25) is 5.76 Å². The third-order valence-electron chi connectivity index (χ3n) is 4.40. The Hall–Kier alpha value is -2.59. The Labute approximate surface area is 143 Å². The molecule has 120 valence electrons. The number of carbonyl (C=O) groups excluding carboxylic acids is 1. The molecular weight excluding hydrogens is 326 g/mol. The lowest BCUT2D eigenvalue weighted by Gasteiger charge is -2.23. The molecule has 1 amide bonds. The number of nitrogens with zero attached hydrogens (tertiary/aromatic N) is 1. The molecule has 1 aliphatic heterocycles. The molecule has 1 aromatic heterocycles. The minimum Gasteiger partial charge on any atom is -0.450 e. The van der Waals surface area contributed by atoms with Crippen molar-refractivity contribution in [1.29, 1.82) is 0 Å². The fourth-order valence-electron chi connectivity index (χ4n) is 3.28. The fourth-order valence-corrected chi connectivity index (χ4v) is 3.41. The van der Waals surface area contributed by atoms with E-state index in [-0.39, 0.29) is 17.1 Å². The molecule has 2 aromatic carbocycles. The van der Waals surface area contributed by atoms with E-state index < -0.39 is 6.04 Å². The van der Waals surface area contributed by atoms with Crippen LogP contribution < -0.4 is 5.43 Å². The van der Waals surface area contributed by atoms with Crippen LogP contribution in [0.15, 0.2) is 57.7 Å². The van der Waals surface area contributed by atoms with Crippen LogP contribution in [-0.4, -0.2) is 17.4 Å². The highest BCUT2D eigenvalue weighted by molar-refractivity contribution is 6.30. The van der Waals surface area contributed by atoms with Gasteiger partial charge in [0.05, 0.1) is 17.0 Å². The van der Waals surface area contributed by atoms with Crippen LogP contribution in [-0.2, 0) is 0 Å². The summed E-state index contributed by atoms with van der Waals surface area (Å²) in [5.74, 6) is -0.115. The molecule has 5 heteroatoms. The average Bonchev–Trinajstić information content (AvgIpc) is 2.88. The number of para-hydroxylation sites is 1. The van der Waals surface area contributed by atoms with Gasteiger partial charge in [-0.05, 0) is 36.8 Å². The number of hydrogen-bond donors (Lipinski definition) is 0. The molecule has 0 fully saturated rings. The highest BCUT2D eigenvalue weighted by atomic mass is 35.5. The van der Waals surface area contributed by atoms with Gasteiger partial charge >= 0.3 is 0 Å². The van der Waals surface area contributed by atoms with Gasteiger partial charge in [0, 0.05) is 11.6 Å². The molecule has 3 aromatic rings. The molecule has 0 spiro atoms. The molecule has 4 rings (SSSR count). The number of carbonyl (C=O) groups is 1. The van der Waals surface area contributed by atoms with Crippen LogP contribution in [0.25, 0.3) is 11.0 Å². The van der Waals surface area contributed by atoms with Gasteiger partial charge in [-0.1, -0.05) is 35.9 Å². The summed E-state index contributed by atoms with van der Waals surface area (Å²) in [5, 5.41) is 1.10. The van der Waals surface area contributed by atoms with Crippen molar-refractivity contribution in [2.75, 3.05) is 6.54 Å². The topological polar surface area (TPSA) is 50.5 Å². The van der Waals surface area contributed by atoms with Gasteiger partial charge in [0.1, 0.15) is 5.58 Å². The van der Waals surface area contributed by atoms with Crippen molar-refractivity contribution in [1.82, 2.24) is 4.90 Å². The Balaban J connectivity index is 2.03. The molecule has 0 aliphatic carbocycles. The van der Waals surface area contributed by atoms with E-state index in [9.17, 15) is 9.59 Å². The highest BCUT2D eigenvalue weighted by Crippen LogP contribution is 2.38. The number of hydrogen-bond acceptors (Lipinski definition) is 3. The molecule has 0 saturated heterocycles. The Morgan fingerprint density at radius 3 is 2.50 bits per heavy atom. The van der Waals surface area contributed by atoms with Gasteiger partial charge in [0.15, 0.2) is 5.43 Å². The molecule has 0 radical (unpaired) electrons. The van der Waals surface area contributed by atoms with E-state index in [1.54, 1.807) is 41.3 Å². The summed E-state index contributed by atoms with van der Waals surface area (Å²) in [6.07, 6.45) is 0. The zero-order valence-electron chi connectivity index (χ0n) is 13.0. The summed E-state index contributed by atoms with van der Waals surface area (Å²) in [5.41, 5.74) is 1.53. The van der Waals surface area contributed by atoms with Crippen LogP contribution >= 0.6 is 11.6 Å². The van der Waals surface area contributed by atoms with Crippen molar-refractivity contribution in [2.24, 2.45) is 0 Å². The maximum absolute atomic E-state index is 13.0. The minimum absolute atomic E-state index is 0.139. The van der Waals surface area contributed by atoms with Crippen molar-refractivity contribution in [2.45, 2.75) is 13.0 Å². The minimum atomic E-state index is -0.448. The first-order valence-corrected chi connectivity index (χ1v) is 8.11. The van der Waals surface area contributed by atoms with E-state index in [1.165, 1.54) is 0 Å². The Morgan fingerprint density at radius 1 is 1.08 bits per heavy atom. The summed E-state index contributed by atoms with van der Waals surface area (Å²) in [6.45, 7) is 2.36. The fraction of sp³-hybridized carbons (Fsp3) is 0.158. The quantitative estimate of drug-likeness (QED) is 0.708. The first kappa shape index (κ1) is 15.0. The summed E-state index contributed by atoms with van der Waals surface area (Å²) in [6, 6.07) is 13.7.